The molecule has 1 fully saturated rings. The molecule has 0 spiro atoms. The van der Waals surface area contributed by atoms with Gasteiger partial charge in [-0.2, -0.15) is 0 Å². The van der Waals surface area contributed by atoms with Gasteiger partial charge in [0.25, 0.3) is 0 Å². The van der Waals surface area contributed by atoms with Gasteiger partial charge in [-0.25, -0.2) is 9.97 Å². The second-order valence-electron chi connectivity index (χ2n) is 6.05. The number of halogens is 1. The number of aryl methyl sites for hydroxylation is 2. The van der Waals surface area contributed by atoms with Crippen LogP contribution >= 0.6 is 11.6 Å². The summed E-state index contributed by atoms with van der Waals surface area (Å²) in [5, 5.41) is 0. The SMILES string of the molecule is Cc1ccc2nc(CCCl)n(C3CCC(C)CC3)c2n1. The van der Waals surface area contributed by atoms with Gasteiger partial charge < -0.3 is 4.57 Å². The van der Waals surface area contributed by atoms with Crippen molar-refractivity contribution in [2.24, 2.45) is 5.92 Å². The highest BCUT2D eigenvalue weighted by Gasteiger charge is 2.24. The Bertz CT molecular complexity index is 597. The van der Waals surface area contributed by atoms with E-state index in [9.17, 15) is 0 Å². The van der Waals surface area contributed by atoms with Crippen molar-refractivity contribution in [2.45, 2.75) is 52.0 Å². The second kappa shape index (κ2) is 5.72. The van der Waals surface area contributed by atoms with Crippen LogP contribution in [0.4, 0.5) is 0 Å². The van der Waals surface area contributed by atoms with E-state index in [1.807, 2.05) is 13.0 Å². The molecule has 108 valence electrons. The highest BCUT2D eigenvalue weighted by Crippen LogP contribution is 2.34. The molecule has 0 radical (unpaired) electrons. The van der Waals surface area contributed by atoms with Crippen LogP contribution in [0, 0.1) is 12.8 Å². The Morgan fingerprint density at radius 1 is 1.20 bits per heavy atom. The number of hydrogen-bond acceptors (Lipinski definition) is 2. The van der Waals surface area contributed by atoms with Gasteiger partial charge in [-0.3, -0.25) is 0 Å². The average molecular weight is 292 g/mol. The number of aromatic nitrogens is 3. The molecule has 0 atom stereocenters. The van der Waals surface area contributed by atoms with E-state index in [-0.39, 0.29) is 0 Å². The zero-order chi connectivity index (χ0) is 14.1. The van der Waals surface area contributed by atoms with Crippen LogP contribution < -0.4 is 0 Å². The molecule has 0 unspecified atom stereocenters. The molecule has 20 heavy (non-hydrogen) atoms. The summed E-state index contributed by atoms with van der Waals surface area (Å²) in [5.41, 5.74) is 3.11. The van der Waals surface area contributed by atoms with Gasteiger partial charge in [0.15, 0.2) is 5.65 Å². The molecule has 1 aliphatic rings. The molecule has 0 bridgehead atoms. The number of hydrogen-bond donors (Lipinski definition) is 0. The number of rotatable bonds is 3. The van der Waals surface area contributed by atoms with Crippen molar-refractivity contribution in [3.8, 4) is 0 Å². The Morgan fingerprint density at radius 3 is 2.65 bits per heavy atom. The monoisotopic (exact) mass is 291 g/mol. The molecule has 0 aliphatic heterocycles. The lowest BCUT2D eigenvalue weighted by Crippen LogP contribution is -2.19. The van der Waals surface area contributed by atoms with Gasteiger partial charge in [-0.1, -0.05) is 6.92 Å². The number of imidazole rings is 1. The van der Waals surface area contributed by atoms with Gasteiger partial charge >= 0.3 is 0 Å². The average Bonchev–Trinajstić information content (AvgIpc) is 2.78. The van der Waals surface area contributed by atoms with Crippen LogP contribution in [0.1, 0.15) is 50.2 Å². The predicted octanol–water partition coefficient (Wildman–Crippen LogP) is 4.27. The largest absolute Gasteiger partial charge is 0.310 e. The summed E-state index contributed by atoms with van der Waals surface area (Å²) in [6, 6.07) is 4.66. The van der Waals surface area contributed by atoms with Crippen LogP contribution in [-0.2, 0) is 6.42 Å². The Hall–Kier alpha value is -1.09. The van der Waals surface area contributed by atoms with Gasteiger partial charge in [-0.05, 0) is 50.7 Å². The number of fused-ring (bicyclic) bond motifs is 1. The summed E-state index contributed by atoms with van der Waals surface area (Å²) in [4.78, 5) is 9.48. The zero-order valence-corrected chi connectivity index (χ0v) is 13.0. The van der Waals surface area contributed by atoms with Crippen LogP contribution in [0.15, 0.2) is 12.1 Å². The van der Waals surface area contributed by atoms with Crippen molar-refractivity contribution in [1.82, 2.24) is 14.5 Å². The molecular formula is C16H22ClN3. The summed E-state index contributed by atoms with van der Waals surface area (Å²) in [7, 11) is 0. The summed E-state index contributed by atoms with van der Waals surface area (Å²) in [5.74, 6) is 2.57. The van der Waals surface area contributed by atoms with Crippen molar-refractivity contribution < 1.29 is 0 Å². The smallest absolute Gasteiger partial charge is 0.160 e. The highest BCUT2D eigenvalue weighted by molar-refractivity contribution is 6.17. The normalized spacial score (nSPS) is 23.4. The molecule has 3 nitrogen and oxygen atoms in total. The lowest BCUT2D eigenvalue weighted by Gasteiger charge is -2.28. The van der Waals surface area contributed by atoms with E-state index in [1.54, 1.807) is 0 Å². The van der Waals surface area contributed by atoms with Crippen LogP contribution in [0.2, 0.25) is 0 Å². The molecule has 0 amide bonds. The van der Waals surface area contributed by atoms with E-state index in [0.717, 1.165) is 35.0 Å². The third-order valence-electron chi connectivity index (χ3n) is 4.42. The second-order valence-corrected chi connectivity index (χ2v) is 6.42. The third-order valence-corrected chi connectivity index (χ3v) is 4.61. The minimum absolute atomic E-state index is 0.545. The molecule has 1 aliphatic carbocycles. The predicted molar refractivity (Wildman–Crippen MR) is 83.4 cm³/mol. The summed E-state index contributed by atoms with van der Waals surface area (Å²) < 4.78 is 2.37. The highest BCUT2D eigenvalue weighted by atomic mass is 35.5. The topological polar surface area (TPSA) is 30.7 Å². The van der Waals surface area contributed by atoms with E-state index >= 15 is 0 Å². The van der Waals surface area contributed by atoms with E-state index in [0.29, 0.717) is 11.9 Å². The Labute approximate surface area is 125 Å². The van der Waals surface area contributed by atoms with Crippen molar-refractivity contribution >= 4 is 22.8 Å². The molecule has 2 aromatic rings. The van der Waals surface area contributed by atoms with Crippen molar-refractivity contribution in [3.63, 3.8) is 0 Å². The van der Waals surface area contributed by atoms with E-state index in [1.165, 1.54) is 25.7 Å². The quantitative estimate of drug-likeness (QED) is 0.791. The van der Waals surface area contributed by atoms with Crippen molar-refractivity contribution in [2.75, 3.05) is 5.88 Å². The Balaban J connectivity index is 2.05. The van der Waals surface area contributed by atoms with Gasteiger partial charge in [-0.15, -0.1) is 11.6 Å². The summed E-state index contributed by atoms with van der Waals surface area (Å²) >= 11 is 5.96. The first-order valence-corrected chi connectivity index (χ1v) is 8.13. The molecule has 2 heterocycles. The van der Waals surface area contributed by atoms with Crippen LogP contribution in [0.3, 0.4) is 0 Å². The van der Waals surface area contributed by atoms with E-state index in [4.69, 9.17) is 21.6 Å². The van der Waals surface area contributed by atoms with Crippen molar-refractivity contribution in [3.05, 3.63) is 23.7 Å². The molecule has 2 aromatic heterocycles. The molecular weight excluding hydrogens is 270 g/mol. The molecule has 0 aromatic carbocycles. The number of pyridine rings is 1. The molecule has 3 rings (SSSR count). The minimum atomic E-state index is 0.545. The van der Waals surface area contributed by atoms with Gasteiger partial charge in [0.05, 0.1) is 0 Å². The molecule has 0 saturated heterocycles. The number of alkyl halides is 1. The summed E-state index contributed by atoms with van der Waals surface area (Å²) in [6.07, 6.45) is 5.89. The maximum atomic E-state index is 5.96. The minimum Gasteiger partial charge on any atom is -0.310 e. The number of nitrogens with zero attached hydrogens (tertiary/aromatic N) is 3. The first kappa shape index (κ1) is 13.9. The maximum absolute atomic E-state index is 5.96. The van der Waals surface area contributed by atoms with E-state index < -0.39 is 0 Å². The van der Waals surface area contributed by atoms with Crippen LogP contribution in [0.5, 0.6) is 0 Å². The van der Waals surface area contributed by atoms with Crippen LogP contribution in [0.25, 0.3) is 11.2 Å². The molecule has 0 N–H and O–H groups in total. The first-order valence-electron chi connectivity index (χ1n) is 7.59. The third kappa shape index (κ3) is 2.56. The fraction of sp³-hybridized carbons (Fsp3) is 0.625. The zero-order valence-electron chi connectivity index (χ0n) is 12.3. The Kier molecular flexibility index (Phi) is 3.97. The molecule has 4 heteroatoms. The van der Waals surface area contributed by atoms with E-state index in [2.05, 4.69) is 17.6 Å². The van der Waals surface area contributed by atoms with Crippen molar-refractivity contribution in [1.29, 1.82) is 0 Å². The first-order chi connectivity index (χ1) is 9.69. The lowest BCUT2D eigenvalue weighted by atomic mass is 9.87. The maximum Gasteiger partial charge on any atom is 0.160 e. The summed E-state index contributed by atoms with van der Waals surface area (Å²) in [6.45, 7) is 4.39. The van der Waals surface area contributed by atoms with Gasteiger partial charge in [0, 0.05) is 24.0 Å². The van der Waals surface area contributed by atoms with Crippen LogP contribution in [-0.4, -0.2) is 20.4 Å². The van der Waals surface area contributed by atoms with Gasteiger partial charge in [0.2, 0.25) is 0 Å². The molecule has 1 saturated carbocycles. The lowest BCUT2D eigenvalue weighted by molar-refractivity contribution is 0.289. The Morgan fingerprint density at radius 2 is 1.95 bits per heavy atom. The standard InChI is InChI=1S/C16H22ClN3/c1-11-3-6-13(7-4-11)20-15(9-10-17)19-14-8-5-12(2)18-16(14)20/h5,8,11,13H,3-4,6-7,9-10H2,1-2H3. The fourth-order valence-electron chi connectivity index (χ4n) is 3.26. The fourth-order valence-corrected chi connectivity index (χ4v) is 3.43. The van der Waals surface area contributed by atoms with Gasteiger partial charge in [0.1, 0.15) is 11.3 Å².